The van der Waals surface area contributed by atoms with Gasteiger partial charge in [0, 0.05) is 26.2 Å². The molecule has 0 aliphatic carbocycles. The molecule has 1 heterocycles. The van der Waals surface area contributed by atoms with E-state index in [4.69, 9.17) is 5.73 Å². The number of hydrogen-bond donors (Lipinski definition) is 2. The van der Waals surface area contributed by atoms with Crippen LogP contribution in [0.15, 0.2) is 0 Å². The van der Waals surface area contributed by atoms with E-state index in [1.54, 1.807) is 0 Å². The van der Waals surface area contributed by atoms with Crippen LogP contribution in [0.5, 0.6) is 0 Å². The standard InChI is InChI=1S/C9H21N3O/c1-11-3-2-4-12(6-5-11)8-9(13)7-10/h9,13H,2-8,10H2,1H3. The number of nitrogens with zero attached hydrogens (tertiary/aromatic N) is 2. The Bertz CT molecular complexity index is 143. The molecule has 1 aliphatic rings. The van der Waals surface area contributed by atoms with E-state index < -0.39 is 0 Å². The van der Waals surface area contributed by atoms with Gasteiger partial charge in [0.1, 0.15) is 0 Å². The minimum Gasteiger partial charge on any atom is -0.390 e. The monoisotopic (exact) mass is 187 g/mol. The fourth-order valence-electron chi connectivity index (χ4n) is 1.66. The maximum atomic E-state index is 9.39. The zero-order valence-electron chi connectivity index (χ0n) is 8.45. The minimum absolute atomic E-state index is 0.358. The van der Waals surface area contributed by atoms with Gasteiger partial charge in [-0.15, -0.1) is 0 Å². The Hall–Kier alpha value is -0.160. The van der Waals surface area contributed by atoms with Crippen LogP contribution in [0.3, 0.4) is 0 Å². The van der Waals surface area contributed by atoms with E-state index in [1.807, 2.05) is 0 Å². The molecule has 1 unspecified atom stereocenters. The van der Waals surface area contributed by atoms with Crippen molar-refractivity contribution in [2.45, 2.75) is 12.5 Å². The highest BCUT2D eigenvalue weighted by Gasteiger charge is 2.14. The van der Waals surface area contributed by atoms with Crippen LogP contribution in [0.25, 0.3) is 0 Å². The van der Waals surface area contributed by atoms with Gasteiger partial charge in [-0.05, 0) is 26.6 Å². The van der Waals surface area contributed by atoms with Gasteiger partial charge in [0.15, 0.2) is 0 Å². The smallest absolute Gasteiger partial charge is 0.0789 e. The number of aliphatic hydroxyl groups excluding tert-OH is 1. The highest BCUT2D eigenvalue weighted by atomic mass is 16.3. The van der Waals surface area contributed by atoms with Crippen molar-refractivity contribution < 1.29 is 5.11 Å². The van der Waals surface area contributed by atoms with Gasteiger partial charge in [-0.1, -0.05) is 0 Å². The van der Waals surface area contributed by atoms with Crippen molar-refractivity contribution in [3.05, 3.63) is 0 Å². The van der Waals surface area contributed by atoms with Crippen molar-refractivity contribution in [1.82, 2.24) is 9.80 Å². The lowest BCUT2D eigenvalue weighted by atomic mass is 10.3. The second-order valence-electron chi connectivity index (χ2n) is 3.85. The molecule has 1 saturated heterocycles. The summed E-state index contributed by atoms with van der Waals surface area (Å²) in [6.45, 7) is 5.48. The molecule has 1 atom stereocenters. The molecular weight excluding hydrogens is 166 g/mol. The van der Waals surface area contributed by atoms with E-state index in [9.17, 15) is 5.11 Å². The molecule has 0 aromatic rings. The summed E-state index contributed by atoms with van der Waals surface area (Å²) in [4.78, 5) is 4.62. The second-order valence-corrected chi connectivity index (χ2v) is 3.85. The number of aliphatic hydroxyl groups is 1. The van der Waals surface area contributed by atoms with Crippen molar-refractivity contribution in [3.8, 4) is 0 Å². The van der Waals surface area contributed by atoms with Gasteiger partial charge in [-0.3, -0.25) is 4.90 Å². The van der Waals surface area contributed by atoms with Crippen LogP contribution in [0.4, 0.5) is 0 Å². The summed E-state index contributed by atoms with van der Waals surface area (Å²) in [5.74, 6) is 0. The van der Waals surface area contributed by atoms with Crippen LogP contribution in [0.2, 0.25) is 0 Å². The maximum absolute atomic E-state index is 9.39. The molecule has 13 heavy (non-hydrogen) atoms. The highest BCUT2D eigenvalue weighted by Crippen LogP contribution is 2.01. The van der Waals surface area contributed by atoms with Crippen molar-refractivity contribution in [2.24, 2.45) is 5.73 Å². The third-order valence-electron chi connectivity index (χ3n) is 2.55. The first-order chi connectivity index (χ1) is 6.22. The van der Waals surface area contributed by atoms with E-state index in [2.05, 4.69) is 16.8 Å². The lowest BCUT2D eigenvalue weighted by Gasteiger charge is -2.22. The van der Waals surface area contributed by atoms with Gasteiger partial charge >= 0.3 is 0 Å². The molecule has 0 aromatic heterocycles. The molecule has 0 bridgehead atoms. The van der Waals surface area contributed by atoms with Crippen molar-refractivity contribution in [1.29, 1.82) is 0 Å². The quantitative estimate of drug-likeness (QED) is 0.591. The fourth-order valence-corrected chi connectivity index (χ4v) is 1.66. The molecule has 3 N–H and O–H groups in total. The predicted octanol–water partition coefficient (Wildman–Crippen LogP) is -1.06. The summed E-state index contributed by atoms with van der Waals surface area (Å²) in [6, 6.07) is 0. The first kappa shape index (κ1) is 10.9. The molecule has 0 saturated carbocycles. The first-order valence-corrected chi connectivity index (χ1v) is 5.01. The largest absolute Gasteiger partial charge is 0.390 e. The molecule has 1 rings (SSSR count). The van der Waals surface area contributed by atoms with E-state index in [0.717, 1.165) is 32.7 Å². The zero-order valence-corrected chi connectivity index (χ0v) is 8.45. The topological polar surface area (TPSA) is 52.7 Å². The van der Waals surface area contributed by atoms with Gasteiger partial charge in [0.25, 0.3) is 0 Å². The van der Waals surface area contributed by atoms with Crippen LogP contribution >= 0.6 is 0 Å². The summed E-state index contributed by atoms with van der Waals surface area (Å²) >= 11 is 0. The number of nitrogens with two attached hydrogens (primary N) is 1. The fraction of sp³-hybridized carbons (Fsp3) is 1.00. The second kappa shape index (κ2) is 5.54. The Balaban J connectivity index is 2.25. The summed E-state index contributed by atoms with van der Waals surface area (Å²) in [7, 11) is 2.14. The molecule has 4 heteroatoms. The molecule has 0 amide bonds. The summed E-state index contributed by atoms with van der Waals surface area (Å²) in [6.07, 6.45) is 0.830. The molecule has 4 nitrogen and oxygen atoms in total. The number of likely N-dealkylation sites (N-methyl/N-ethyl adjacent to an activating group) is 1. The molecule has 1 fully saturated rings. The number of hydrogen-bond acceptors (Lipinski definition) is 4. The van der Waals surface area contributed by atoms with Gasteiger partial charge in [-0.2, -0.15) is 0 Å². The third-order valence-corrected chi connectivity index (χ3v) is 2.55. The van der Waals surface area contributed by atoms with Crippen LogP contribution in [0.1, 0.15) is 6.42 Å². The Kier molecular flexibility index (Phi) is 4.66. The van der Waals surface area contributed by atoms with Crippen molar-refractivity contribution in [2.75, 3.05) is 46.3 Å². The molecule has 0 radical (unpaired) electrons. The maximum Gasteiger partial charge on any atom is 0.0789 e. The minimum atomic E-state index is -0.358. The Morgan fingerprint density at radius 2 is 2.08 bits per heavy atom. The van der Waals surface area contributed by atoms with Crippen molar-refractivity contribution >= 4 is 0 Å². The number of β-amino-alcohol motifs (C(OH)–C–C–N with tert-alkyl or cyclic N) is 1. The van der Waals surface area contributed by atoms with Crippen LogP contribution in [-0.4, -0.2) is 67.3 Å². The summed E-state index contributed by atoms with van der Waals surface area (Å²) < 4.78 is 0. The Morgan fingerprint density at radius 1 is 1.31 bits per heavy atom. The van der Waals surface area contributed by atoms with Crippen LogP contribution in [0, 0.1) is 0 Å². The lowest BCUT2D eigenvalue weighted by Crippen LogP contribution is -2.38. The Morgan fingerprint density at radius 3 is 2.77 bits per heavy atom. The average molecular weight is 187 g/mol. The molecule has 1 aliphatic heterocycles. The molecule has 0 aromatic carbocycles. The third kappa shape index (κ3) is 4.04. The van der Waals surface area contributed by atoms with Gasteiger partial charge in [0.2, 0.25) is 0 Å². The van der Waals surface area contributed by atoms with Gasteiger partial charge < -0.3 is 15.7 Å². The van der Waals surface area contributed by atoms with Gasteiger partial charge in [0.05, 0.1) is 6.10 Å². The highest BCUT2D eigenvalue weighted by molar-refractivity contribution is 4.70. The van der Waals surface area contributed by atoms with E-state index in [-0.39, 0.29) is 6.10 Å². The average Bonchev–Trinajstić information content (AvgIpc) is 2.31. The molecule has 78 valence electrons. The summed E-state index contributed by atoms with van der Waals surface area (Å²) in [5.41, 5.74) is 5.37. The van der Waals surface area contributed by atoms with Gasteiger partial charge in [-0.25, -0.2) is 0 Å². The van der Waals surface area contributed by atoms with E-state index >= 15 is 0 Å². The van der Waals surface area contributed by atoms with E-state index in [0.29, 0.717) is 6.54 Å². The number of rotatable bonds is 3. The first-order valence-electron chi connectivity index (χ1n) is 5.01. The van der Waals surface area contributed by atoms with E-state index in [1.165, 1.54) is 6.42 Å². The molecular formula is C9H21N3O. The predicted molar refractivity (Wildman–Crippen MR) is 53.6 cm³/mol. The molecule has 0 spiro atoms. The Labute approximate surface area is 80.3 Å². The summed E-state index contributed by atoms with van der Waals surface area (Å²) in [5, 5.41) is 9.39. The lowest BCUT2D eigenvalue weighted by molar-refractivity contribution is 0.121. The van der Waals surface area contributed by atoms with Crippen LogP contribution < -0.4 is 5.73 Å². The van der Waals surface area contributed by atoms with Crippen molar-refractivity contribution in [3.63, 3.8) is 0 Å². The van der Waals surface area contributed by atoms with Crippen LogP contribution in [-0.2, 0) is 0 Å². The zero-order chi connectivity index (χ0) is 9.68. The normalized spacial score (nSPS) is 24.2. The SMILES string of the molecule is CN1CCCN(CC(O)CN)CC1.